The van der Waals surface area contributed by atoms with Gasteiger partial charge in [-0.3, -0.25) is 4.98 Å². The van der Waals surface area contributed by atoms with Crippen molar-refractivity contribution in [2.45, 2.75) is 24.9 Å². The van der Waals surface area contributed by atoms with Gasteiger partial charge in [0.05, 0.1) is 11.7 Å². The Hall–Kier alpha value is -1.62. The molecule has 2 amide bonds. The van der Waals surface area contributed by atoms with Gasteiger partial charge in [0.2, 0.25) is 0 Å². The predicted molar refractivity (Wildman–Crippen MR) is 68.1 cm³/mol. The van der Waals surface area contributed by atoms with E-state index in [9.17, 15) is 4.79 Å². The third kappa shape index (κ3) is 2.31. The fraction of sp³-hybridized carbons (Fsp3) is 0.538. The Bertz CT molecular complexity index is 416. The summed E-state index contributed by atoms with van der Waals surface area (Å²) in [6.45, 7) is 2.59. The van der Waals surface area contributed by atoms with Crippen LogP contribution in [-0.2, 0) is 0 Å². The molecule has 3 heterocycles. The molecule has 1 aromatic rings. The van der Waals surface area contributed by atoms with E-state index in [0.717, 1.165) is 25.2 Å². The summed E-state index contributed by atoms with van der Waals surface area (Å²) in [6, 6.07) is 6.32. The van der Waals surface area contributed by atoms with Gasteiger partial charge in [0.15, 0.2) is 0 Å². The second-order valence-electron chi connectivity index (χ2n) is 4.95. The number of urea groups is 1. The first-order valence-electron chi connectivity index (χ1n) is 6.52. The van der Waals surface area contributed by atoms with Crippen LogP contribution in [0.5, 0.6) is 0 Å². The fourth-order valence-electron chi connectivity index (χ4n) is 2.67. The molecule has 5 heteroatoms. The zero-order valence-electron chi connectivity index (χ0n) is 10.3. The van der Waals surface area contributed by atoms with Crippen molar-refractivity contribution in [2.75, 3.05) is 19.6 Å². The molecule has 2 saturated heterocycles. The lowest BCUT2D eigenvalue weighted by atomic mass is 10.2. The van der Waals surface area contributed by atoms with Gasteiger partial charge in [-0.1, -0.05) is 6.07 Å². The van der Waals surface area contributed by atoms with Crippen molar-refractivity contribution in [1.29, 1.82) is 0 Å². The lowest BCUT2D eigenvalue weighted by molar-refractivity contribution is 0.213. The Kier molecular flexibility index (Phi) is 3.15. The SMILES string of the molecule is O=C1NC(c2ccccn2)CN1CC1CCCN1. The molecular formula is C13H18N4O. The molecule has 1 aromatic heterocycles. The van der Waals surface area contributed by atoms with E-state index < -0.39 is 0 Å². The van der Waals surface area contributed by atoms with Gasteiger partial charge in [-0.15, -0.1) is 0 Å². The number of carbonyl (C=O) groups is 1. The van der Waals surface area contributed by atoms with Crippen LogP contribution in [0.25, 0.3) is 0 Å². The van der Waals surface area contributed by atoms with Gasteiger partial charge in [0, 0.05) is 25.3 Å². The van der Waals surface area contributed by atoms with Crippen molar-refractivity contribution in [3.63, 3.8) is 0 Å². The van der Waals surface area contributed by atoms with Crippen molar-refractivity contribution in [2.24, 2.45) is 0 Å². The molecule has 3 rings (SSSR count). The fourth-order valence-corrected chi connectivity index (χ4v) is 2.67. The topological polar surface area (TPSA) is 57.3 Å². The first-order valence-corrected chi connectivity index (χ1v) is 6.52. The van der Waals surface area contributed by atoms with Crippen LogP contribution < -0.4 is 10.6 Å². The van der Waals surface area contributed by atoms with Crippen LogP contribution in [0.3, 0.4) is 0 Å². The third-order valence-corrected chi connectivity index (χ3v) is 3.64. The zero-order chi connectivity index (χ0) is 12.4. The minimum atomic E-state index is 0.0272. The van der Waals surface area contributed by atoms with Crippen LogP contribution in [-0.4, -0.2) is 41.6 Å². The van der Waals surface area contributed by atoms with Gasteiger partial charge in [-0.2, -0.15) is 0 Å². The normalized spacial score (nSPS) is 27.6. The number of aromatic nitrogens is 1. The first kappa shape index (κ1) is 11.5. The molecule has 0 spiro atoms. The number of pyridine rings is 1. The van der Waals surface area contributed by atoms with Crippen molar-refractivity contribution < 1.29 is 4.79 Å². The molecule has 2 fully saturated rings. The summed E-state index contributed by atoms with van der Waals surface area (Å²) in [5.41, 5.74) is 0.938. The molecule has 0 saturated carbocycles. The van der Waals surface area contributed by atoms with E-state index in [2.05, 4.69) is 15.6 Å². The van der Waals surface area contributed by atoms with Crippen molar-refractivity contribution >= 4 is 6.03 Å². The van der Waals surface area contributed by atoms with Crippen molar-refractivity contribution in [3.05, 3.63) is 30.1 Å². The van der Waals surface area contributed by atoms with Gasteiger partial charge in [0.25, 0.3) is 0 Å². The number of amides is 2. The second-order valence-corrected chi connectivity index (χ2v) is 4.95. The van der Waals surface area contributed by atoms with Crippen LogP contribution in [0, 0.1) is 0 Å². The molecule has 2 aliphatic heterocycles. The predicted octanol–water partition coefficient (Wildman–Crippen LogP) is 0.900. The minimum Gasteiger partial charge on any atom is -0.328 e. The standard InChI is InChI=1S/C13H18N4O/c18-13-16-12(11-5-1-2-6-15-11)9-17(13)8-10-4-3-7-14-10/h1-2,5-6,10,12,14H,3-4,7-9H2,(H,16,18). The summed E-state index contributed by atoms with van der Waals surface area (Å²) in [4.78, 5) is 18.1. The van der Waals surface area contributed by atoms with E-state index in [1.165, 1.54) is 6.42 Å². The number of carbonyl (C=O) groups excluding carboxylic acids is 1. The van der Waals surface area contributed by atoms with Crippen LogP contribution >= 0.6 is 0 Å². The van der Waals surface area contributed by atoms with E-state index >= 15 is 0 Å². The Balaban J connectivity index is 1.63. The Labute approximate surface area is 107 Å². The molecule has 0 aromatic carbocycles. The average Bonchev–Trinajstić information content (AvgIpc) is 3.02. The summed E-state index contributed by atoms with van der Waals surface area (Å²) in [5, 5.41) is 6.41. The van der Waals surface area contributed by atoms with E-state index in [4.69, 9.17) is 0 Å². The van der Waals surface area contributed by atoms with Gasteiger partial charge in [-0.05, 0) is 31.5 Å². The smallest absolute Gasteiger partial charge is 0.318 e. The largest absolute Gasteiger partial charge is 0.328 e. The maximum Gasteiger partial charge on any atom is 0.318 e. The average molecular weight is 246 g/mol. The van der Waals surface area contributed by atoms with Gasteiger partial charge >= 0.3 is 6.03 Å². The first-order chi connectivity index (χ1) is 8.83. The molecule has 2 unspecified atom stereocenters. The number of nitrogens with zero attached hydrogens (tertiary/aromatic N) is 2. The molecule has 96 valence electrons. The molecule has 18 heavy (non-hydrogen) atoms. The number of rotatable bonds is 3. The molecular weight excluding hydrogens is 228 g/mol. The second kappa shape index (κ2) is 4.94. The van der Waals surface area contributed by atoms with Gasteiger partial charge in [0.1, 0.15) is 0 Å². The number of hydrogen-bond donors (Lipinski definition) is 2. The summed E-state index contributed by atoms with van der Waals surface area (Å²) >= 11 is 0. The molecule has 2 N–H and O–H groups in total. The molecule has 0 bridgehead atoms. The van der Waals surface area contributed by atoms with Crippen LogP contribution in [0.15, 0.2) is 24.4 Å². The lowest BCUT2D eigenvalue weighted by Crippen LogP contribution is -2.39. The maximum absolute atomic E-state index is 11.9. The molecule has 0 radical (unpaired) electrons. The quantitative estimate of drug-likeness (QED) is 0.833. The highest BCUT2D eigenvalue weighted by atomic mass is 16.2. The zero-order valence-corrected chi connectivity index (χ0v) is 10.3. The van der Waals surface area contributed by atoms with Crippen LogP contribution in [0.1, 0.15) is 24.6 Å². The maximum atomic E-state index is 11.9. The third-order valence-electron chi connectivity index (χ3n) is 3.64. The highest BCUT2D eigenvalue weighted by Gasteiger charge is 2.32. The van der Waals surface area contributed by atoms with Crippen molar-refractivity contribution in [3.8, 4) is 0 Å². The number of nitrogens with one attached hydrogen (secondary N) is 2. The summed E-state index contributed by atoms with van der Waals surface area (Å²) in [6.07, 6.45) is 4.14. The molecule has 2 atom stereocenters. The van der Waals surface area contributed by atoms with E-state index in [-0.39, 0.29) is 12.1 Å². The summed E-state index contributed by atoms with van der Waals surface area (Å²) in [5.74, 6) is 0. The summed E-state index contributed by atoms with van der Waals surface area (Å²) < 4.78 is 0. The summed E-state index contributed by atoms with van der Waals surface area (Å²) in [7, 11) is 0. The lowest BCUT2D eigenvalue weighted by Gasteiger charge is -2.19. The van der Waals surface area contributed by atoms with Crippen molar-refractivity contribution in [1.82, 2.24) is 20.5 Å². The monoisotopic (exact) mass is 246 g/mol. The number of hydrogen-bond acceptors (Lipinski definition) is 3. The van der Waals surface area contributed by atoms with Gasteiger partial charge in [-0.25, -0.2) is 4.79 Å². The van der Waals surface area contributed by atoms with Crippen LogP contribution in [0.2, 0.25) is 0 Å². The minimum absolute atomic E-state index is 0.0272. The molecule has 5 nitrogen and oxygen atoms in total. The highest BCUT2D eigenvalue weighted by molar-refractivity contribution is 5.77. The van der Waals surface area contributed by atoms with Gasteiger partial charge < -0.3 is 15.5 Å². The Morgan fingerprint density at radius 2 is 2.39 bits per heavy atom. The van der Waals surface area contributed by atoms with E-state index in [1.807, 2.05) is 23.1 Å². The Morgan fingerprint density at radius 3 is 3.11 bits per heavy atom. The molecule has 0 aliphatic carbocycles. The van der Waals surface area contributed by atoms with E-state index in [0.29, 0.717) is 12.6 Å². The molecule has 2 aliphatic rings. The Morgan fingerprint density at radius 1 is 1.44 bits per heavy atom. The van der Waals surface area contributed by atoms with Crippen LogP contribution in [0.4, 0.5) is 4.79 Å². The van der Waals surface area contributed by atoms with E-state index in [1.54, 1.807) is 6.20 Å². The highest BCUT2D eigenvalue weighted by Crippen LogP contribution is 2.19.